The van der Waals surface area contributed by atoms with Crippen molar-refractivity contribution < 1.29 is 24.5 Å². The number of hydrogen-bond donors (Lipinski definition) is 2. The van der Waals surface area contributed by atoms with Crippen LogP contribution < -0.4 is 4.74 Å². The van der Waals surface area contributed by atoms with E-state index in [9.17, 15) is 15.0 Å². The molecule has 0 spiro atoms. The molecule has 0 aromatic heterocycles. The van der Waals surface area contributed by atoms with Gasteiger partial charge in [0.25, 0.3) is 0 Å². The van der Waals surface area contributed by atoms with Gasteiger partial charge in [-0.25, -0.2) is 0 Å². The number of hydrogen-bond acceptors (Lipinski definition) is 5. The highest BCUT2D eigenvalue weighted by molar-refractivity contribution is 5.99. The van der Waals surface area contributed by atoms with Gasteiger partial charge in [0, 0.05) is 18.6 Å². The SMILES string of the molecule is CC(=O)c1c(O)cc(OC2CCCCO2)cc1O. The Bertz CT molecular complexity index is 426. The zero-order valence-electron chi connectivity index (χ0n) is 10.2. The molecule has 1 heterocycles. The van der Waals surface area contributed by atoms with Crippen LogP contribution in [0.4, 0.5) is 0 Å². The fraction of sp³-hybridized carbons (Fsp3) is 0.462. The summed E-state index contributed by atoms with van der Waals surface area (Å²) in [6.45, 7) is 1.92. The van der Waals surface area contributed by atoms with E-state index in [4.69, 9.17) is 9.47 Å². The van der Waals surface area contributed by atoms with E-state index in [2.05, 4.69) is 0 Å². The molecule has 98 valence electrons. The fourth-order valence-electron chi connectivity index (χ4n) is 1.97. The first-order valence-electron chi connectivity index (χ1n) is 5.93. The summed E-state index contributed by atoms with van der Waals surface area (Å²) in [5, 5.41) is 19.3. The number of benzene rings is 1. The average molecular weight is 252 g/mol. The molecule has 1 aliphatic heterocycles. The predicted molar refractivity (Wildman–Crippen MR) is 64.0 cm³/mol. The van der Waals surface area contributed by atoms with Gasteiger partial charge in [-0.3, -0.25) is 4.79 Å². The number of rotatable bonds is 3. The summed E-state index contributed by atoms with van der Waals surface area (Å²) >= 11 is 0. The molecule has 0 bridgehead atoms. The molecule has 1 atom stereocenters. The van der Waals surface area contributed by atoms with Gasteiger partial charge in [0.1, 0.15) is 22.8 Å². The van der Waals surface area contributed by atoms with Gasteiger partial charge >= 0.3 is 0 Å². The van der Waals surface area contributed by atoms with Gasteiger partial charge in [0.2, 0.25) is 0 Å². The Morgan fingerprint density at radius 3 is 2.50 bits per heavy atom. The Morgan fingerprint density at radius 2 is 2.00 bits per heavy atom. The second-order valence-corrected chi connectivity index (χ2v) is 4.31. The zero-order valence-corrected chi connectivity index (χ0v) is 10.2. The molecule has 2 rings (SSSR count). The number of phenolic OH excluding ortho intramolecular Hbond substituents is 2. The lowest BCUT2D eigenvalue weighted by molar-refractivity contribution is -0.106. The molecule has 0 radical (unpaired) electrons. The Hall–Kier alpha value is -1.75. The minimum absolute atomic E-state index is 0.0908. The molecule has 2 N–H and O–H groups in total. The summed E-state index contributed by atoms with van der Waals surface area (Å²) in [4.78, 5) is 11.2. The van der Waals surface area contributed by atoms with E-state index in [1.54, 1.807) is 0 Å². The average Bonchev–Trinajstić information content (AvgIpc) is 2.28. The Labute approximate surface area is 105 Å². The van der Waals surface area contributed by atoms with Crippen molar-refractivity contribution in [2.75, 3.05) is 6.61 Å². The van der Waals surface area contributed by atoms with Crippen molar-refractivity contribution in [1.29, 1.82) is 0 Å². The monoisotopic (exact) mass is 252 g/mol. The van der Waals surface area contributed by atoms with Crippen LogP contribution in [0.5, 0.6) is 17.2 Å². The lowest BCUT2D eigenvalue weighted by atomic mass is 10.1. The largest absolute Gasteiger partial charge is 0.507 e. The second kappa shape index (κ2) is 5.27. The highest BCUT2D eigenvalue weighted by Crippen LogP contribution is 2.33. The molecule has 5 nitrogen and oxygen atoms in total. The lowest BCUT2D eigenvalue weighted by Gasteiger charge is -2.23. The molecule has 18 heavy (non-hydrogen) atoms. The van der Waals surface area contributed by atoms with Crippen LogP contribution in [0.2, 0.25) is 0 Å². The molecule has 0 aliphatic carbocycles. The molecular weight excluding hydrogens is 236 g/mol. The van der Waals surface area contributed by atoms with E-state index < -0.39 is 5.78 Å². The van der Waals surface area contributed by atoms with Crippen molar-refractivity contribution in [3.63, 3.8) is 0 Å². The third kappa shape index (κ3) is 2.73. The van der Waals surface area contributed by atoms with Crippen molar-refractivity contribution in [1.82, 2.24) is 0 Å². The van der Waals surface area contributed by atoms with Crippen molar-refractivity contribution in [3.8, 4) is 17.2 Å². The Kier molecular flexibility index (Phi) is 3.72. The lowest BCUT2D eigenvalue weighted by Crippen LogP contribution is -2.24. The van der Waals surface area contributed by atoms with Crippen molar-refractivity contribution >= 4 is 5.78 Å². The maximum Gasteiger partial charge on any atom is 0.199 e. The first-order chi connectivity index (χ1) is 8.58. The molecule has 1 saturated heterocycles. The van der Waals surface area contributed by atoms with E-state index in [-0.39, 0.29) is 23.4 Å². The van der Waals surface area contributed by atoms with E-state index in [1.807, 2.05) is 0 Å². The fourth-order valence-corrected chi connectivity index (χ4v) is 1.97. The van der Waals surface area contributed by atoms with Gasteiger partial charge < -0.3 is 19.7 Å². The maximum atomic E-state index is 11.2. The quantitative estimate of drug-likeness (QED) is 0.806. The van der Waals surface area contributed by atoms with Crippen molar-refractivity contribution in [2.24, 2.45) is 0 Å². The summed E-state index contributed by atoms with van der Waals surface area (Å²) in [6, 6.07) is 2.63. The van der Waals surface area contributed by atoms with Crippen LogP contribution in [0.3, 0.4) is 0 Å². The third-order valence-electron chi connectivity index (χ3n) is 2.83. The molecule has 1 aliphatic rings. The molecule has 5 heteroatoms. The summed E-state index contributed by atoms with van der Waals surface area (Å²) in [5.41, 5.74) is -0.0908. The maximum absolute atomic E-state index is 11.2. The normalized spacial score (nSPS) is 19.5. The van der Waals surface area contributed by atoms with Crippen LogP contribution in [0.15, 0.2) is 12.1 Å². The standard InChI is InChI=1S/C13H16O5/c1-8(14)13-10(15)6-9(7-11(13)16)18-12-4-2-3-5-17-12/h6-7,12,15-16H,2-5H2,1H3. The van der Waals surface area contributed by atoms with E-state index in [0.717, 1.165) is 19.3 Å². The number of ether oxygens (including phenoxy) is 2. The summed E-state index contributed by atoms with van der Waals surface area (Å²) in [6.07, 6.45) is 2.45. The molecule has 0 saturated carbocycles. The molecule has 1 aromatic rings. The van der Waals surface area contributed by atoms with Crippen LogP contribution >= 0.6 is 0 Å². The number of aromatic hydroxyl groups is 2. The van der Waals surface area contributed by atoms with Gasteiger partial charge in [-0.2, -0.15) is 0 Å². The Balaban J connectivity index is 2.17. The predicted octanol–water partition coefficient (Wildman–Crippen LogP) is 2.21. The second-order valence-electron chi connectivity index (χ2n) is 4.31. The number of Topliss-reactive ketones (excluding diaryl/α,β-unsaturated/α-hetero) is 1. The molecular formula is C13H16O5. The van der Waals surface area contributed by atoms with Gasteiger partial charge in [0.05, 0.1) is 6.61 Å². The smallest absolute Gasteiger partial charge is 0.199 e. The summed E-state index contributed by atoms with van der Waals surface area (Å²) in [7, 11) is 0. The van der Waals surface area contributed by atoms with Crippen LogP contribution in [0, 0.1) is 0 Å². The van der Waals surface area contributed by atoms with Gasteiger partial charge in [-0.05, 0) is 19.8 Å². The van der Waals surface area contributed by atoms with Crippen LogP contribution in [0.25, 0.3) is 0 Å². The highest BCUT2D eigenvalue weighted by Gasteiger charge is 2.19. The molecule has 1 unspecified atom stereocenters. The topological polar surface area (TPSA) is 76.0 Å². The van der Waals surface area contributed by atoms with Crippen LogP contribution in [0.1, 0.15) is 36.5 Å². The number of carbonyl (C=O) groups excluding carboxylic acids is 1. The first-order valence-corrected chi connectivity index (χ1v) is 5.93. The minimum Gasteiger partial charge on any atom is -0.507 e. The van der Waals surface area contributed by atoms with Gasteiger partial charge in [-0.15, -0.1) is 0 Å². The number of phenols is 2. The first kappa shape index (κ1) is 12.7. The van der Waals surface area contributed by atoms with E-state index >= 15 is 0 Å². The molecule has 1 fully saturated rings. The number of carbonyl (C=O) groups is 1. The van der Waals surface area contributed by atoms with Gasteiger partial charge in [0.15, 0.2) is 12.1 Å². The Morgan fingerprint density at radius 1 is 1.33 bits per heavy atom. The minimum atomic E-state index is -0.398. The summed E-state index contributed by atoms with van der Waals surface area (Å²) in [5.74, 6) is -0.672. The van der Waals surface area contributed by atoms with Crippen LogP contribution in [-0.4, -0.2) is 28.9 Å². The van der Waals surface area contributed by atoms with Crippen molar-refractivity contribution in [2.45, 2.75) is 32.5 Å². The van der Waals surface area contributed by atoms with Gasteiger partial charge in [-0.1, -0.05) is 0 Å². The molecule has 0 amide bonds. The van der Waals surface area contributed by atoms with E-state index in [1.165, 1.54) is 19.1 Å². The third-order valence-corrected chi connectivity index (χ3v) is 2.83. The summed E-state index contributed by atoms with van der Waals surface area (Å²) < 4.78 is 10.9. The molecule has 1 aromatic carbocycles. The van der Waals surface area contributed by atoms with E-state index in [0.29, 0.717) is 12.4 Å². The van der Waals surface area contributed by atoms with Crippen molar-refractivity contribution in [3.05, 3.63) is 17.7 Å². The number of ketones is 1. The van der Waals surface area contributed by atoms with Crippen LogP contribution in [-0.2, 0) is 4.74 Å². The zero-order chi connectivity index (χ0) is 13.1. The highest BCUT2D eigenvalue weighted by atomic mass is 16.7.